The Morgan fingerprint density at radius 3 is 2.83 bits per heavy atom. The van der Waals surface area contributed by atoms with Crippen LogP contribution < -0.4 is 10.1 Å². The monoisotopic (exact) mass is 427 g/mol. The molecule has 2 aliphatic heterocycles. The Bertz CT molecular complexity index is 1010. The average Bonchev–Trinajstić information content (AvgIpc) is 2.82. The van der Waals surface area contributed by atoms with Gasteiger partial charge in [0.25, 0.3) is 0 Å². The summed E-state index contributed by atoms with van der Waals surface area (Å²) in [6.07, 6.45) is 4.04. The number of rotatable bonds is 1. The molecule has 0 spiro atoms. The summed E-state index contributed by atoms with van der Waals surface area (Å²) in [6, 6.07) is 7.85. The summed E-state index contributed by atoms with van der Waals surface area (Å²) < 4.78 is 11.6. The number of fused-ring (bicyclic) bond motifs is 2. The highest BCUT2D eigenvalue weighted by Crippen LogP contribution is 2.41. The molecule has 0 aliphatic carbocycles. The molecule has 2 aromatic rings. The fourth-order valence-electron chi connectivity index (χ4n) is 3.67. The number of amides is 1. The summed E-state index contributed by atoms with van der Waals surface area (Å²) in [5, 5.41) is 4.00. The van der Waals surface area contributed by atoms with Crippen molar-refractivity contribution in [2.24, 2.45) is 0 Å². The molecule has 4 rings (SSSR count). The molecule has 6 nitrogen and oxygen atoms in total. The van der Waals surface area contributed by atoms with Crippen LogP contribution in [0.15, 0.2) is 36.5 Å². The van der Waals surface area contributed by atoms with Crippen molar-refractivity contribution in [3.8, 4) is 5.75 Å². The molecule has 0 saturated heterocycles. The molecule has 0 saturated carbocycles. The van der Waals surface area contributed by atoms with Crippen LogP contribution in [-0.2, 0) is 4.74 Å². The van der Waals surface area contributed by atoms with Gasteiger partial charge in [-0.05, 0) is 63.5 Å². The minimum Gasteiger partial charge on any atom is -0.484 e. The van der Waals surface area contributed by atoms with Gasteiger partial charge in [0.15, 0.2) is 0 Å². The molecule has 1 aromatic carbocycles. The number of nitrogens with zero attached hydrogens (tertiary/aromatic N) is 2. The lowest BCUT2D eigenvalue weighted by Crippen LogP contribution is -2.39. The number of carbonyl (C=O) groups is 1. The molecular weight excluding hydrogens is 402 g/mol. The molecule has 3 heterocycles. The van der Waals surface area contributed by atoms with Gasteiger partial charge < -0.3 is 19.7 Å². The minimum absolute atomic E-state index is 0.211. The Morgan fingerprint density at radius 1 is 1.33 bits per heavy atom. The van der Waals surface area contributed by atoms with Crippen LogP contribution >= 0.6 is 11.6 Å². The van der Waals surface area contributed by atoms with Crippen LogP contribution in [0.2, 0.25) is 5.02 Å². The van der Waals surface area contributed by atoms with Gasteiger partial charge in [-0.1, -0.05) is 23.7 Å². The predicted octanol–water partition coefficient (Wildman–Crippen LogP) is 5.96. The summed E-state index contributed by atoms with van der Waals surface area (Å²) >= 11 is 6.37. The molecule has 30 heavy (non-hydrogen) atoms. The Kier molecular flexibility index (Phi) is 5.36. The summed E-state index contributed by atoms with van der Waals surface area (Å²) in [6.45, 7) is 8.75. The number of benzene rings is 1. The van der Waals surface area contributed by atoms with Gasteiger partial charge in [0, 0.05) is 19.3 Å². The third kappa shape index (κ3) is 4.24. The molecule has 0 radical (unpaired) electrons. The van der Waals surface area contributed by atoms with E-state index in [1.54, 1.807) is 17.2 Å². The molecule has 158 valence electrons. The molecule has 1 atom stereocenters. The zero-order valence-electron chi connectivity index (χ0n) is 17.7. The van der Waals surface area contributed by atoms with Crippen LogP contribution in [0.4, 0.5) is 16.3 Å². The number of hydrogen-bond donors (Lipinski definition) is 1. The van der Waals surface area contributed by atoms with Crippen LogP contribution in [-0.4, -0.2) is 34.7 Å². The van der Waals surface area contributed by atoms with E-state index in [-0.39, 0.29) is 12.2 Å². The van der Waals surface area contributed by atoms with E-state index < -0.39 is 5.60 Å². The first-order valence-corrected chi connectivity index (χ1v) is 10.5. The lowest BCUT2D eigenvalue weighted by atomic mass is 9.99. The van der Waals surface area contributed by atoms with Crippen molar-refractivity contribution in [3.05, 3.63) is 52.7 Å². The molecule has 2 aliphatic rings. The molecule has 0 fully saturated rings. The van der Waals surface area contributed by atoms with Crippen molar-refractivity contribution >= 4 is 34.8 Å². The fourth-order valence-corrected chi connectivity index (χ4v) is 3.97. The number of ether oxygens (including phenoxy) is 2. The topological polar surface area (TPSA) is 63.7 Å². The van der Waals surface area contributed by atoms with E-state index in [4.69, 9.17) is 21.1 Å². The summed E-state index contributed by atoms with van der Waals surface area (Å²) in [5.41, 5.74) is 3.49. The van der Waals surface area contributed by atoms with Crippen LogP contribution in [0.3, 0.4) is 0 Å². The van der Waals surface area contributed by atoms with Crippen LogP contribution in [0.25, 0.3) is 5.57 Å². The van der Waals surface area contributed by atoms with Gasteiger partial charge in [-0.2, -0.15) is 0 Å². The first-order valence-electron chi connectivity index (χ1n) is 10.1. The summed E-state index contributed by atoms with van der Waals surface area (Å²) in [5.74, 6) is 1.46. The SMILES string of the molecule is CC1Oc2ccc(C3=CCN(C(=O)OC(C)(C)C)CC3)cc2Nc2nccc(Cl)c21. The number of hydrogen-bond acceptors (Lipinski definition) is 5. The van der Waals surface area contributed by atoms with Crippen LogP contribution in [0, 0.1) is 0 Å². The van der Waals surface area contributed by atoms with Crippen molar-refractivity contribution in [2.45, 2.75) is 45.8 Å². The fraction of sp³-hybridized carbons (Fsp3) is 0.391. The van der Waals surface area contributed by atoms with E-state index in [0.717, 1.165) is 29.0 Å². The number of halogens is 1. The first-order chi connectivity index (χ1) is 14.2. The standard InChI is InChI=1S/C23H26ClN3O3/c1-14-20-17(24)7-10-25-21(20)26-18-13-16(5-6-19(18)29-14)15-8-11-27(12-9-15)22(28)30-23(2,3)4/h5-8,10,13-14H,9,11-12H2,1-4H3,(H,25,26). The Labute approximate surface area is 181 Å². The summed E-state index contributed by atoms with van der Waals surface area (Å²) in [7, 11) is 0. The van der Waals surface area contributed by atoms with Gasteiger partial charge in [-0.3, -0.25) is 0 Å². The van der Waals surface area contributed by atoms with Gasteiger partial charge in [-0.15, -0.1) is 0 Å². The second kappa shape index (κ2) is 7.84. The van der Waals surface area contributed by atoms with Gasteiger partial charge in [0.05, 0.1) is 16.3 Å². The highest BCUT2D eigenvalue weighted by Gasteiger charge is 2.26. The Morgan fingerprint density at radius 2 is 2.13 bits per heavy atom. The third-order valence-electron chi connectivity index (χ3n) is 5.11. The van der Waals surface area contributed by atoms with Gasteiger partial charge in [0.2, 0.25) is 0 Å². The highest BCUT2D eigenvalue weighted by atomic mass is 35.5. The van der Waals surface area contributed by atoms with Crippen LogP contribution in [0.5, 0.6) is 5.75 Å². The lowest BCUT2D eigenvalue weighted by molar-refractivity contribution is 0.0270. The van der Waals surface area contributed by atoms with Crippen molar-refractivity contribution < 1.29 is 14.3 Å². The maximum atomic E-state index is 12.3. The molecule has 1 aromatic heterocycles. The molecule has 1 N–H and O–H groups in total. The Balaban J connectivity index is 1.55. The average molecular weight is 428 g/mol. The van der Waals surface area contributed by atoms with Crippen molar-refractivity contribution in [2.75, 3.05) is 18.4 Å². The zero-order chi connectivity index (χ0) is 21.5. The largest absolute Gasteiger partial charge is 0.484 e. The second-order valence-electron chi connectivity index (χ2n) is 8.56. The molecule has 0 bridgehead atoms. The van der Waals surface area contributed by atoms with E-state index in [0.29, 0.717) is 23.9 Å². The molecular formula is C23H26ClN3O3. The van der Waals surface area contributed by atoms with E-state index in [1.807, 2.05) is 39.8 Å². The number of aromatic nitrogens is 1. The van der Waals surface area contributed by atoms with E-state index in [2.05, 4.69) is 22.4 Å². The van der Waals surface area contributed by atoms with Gasteiger partial charge >= 0.3 is 6.09 Å². The molecule has 7 heteroatoms. The van der Waals surface area contributed by atoms with Crippen LogP contribution in [0.1, 0.15) is 51.3 Å². The van der Waals surface area contributed by atoms with Crippen molar-refractivity contribution in [1.82, 2.24) is 9.88 Å². The Hall–Kier alpha value is -2.73. The highest BCUT2D eigenvalue weighted by molar-refractivity contribution is 6.31. The van der Waals surface area contributed by atoms with Gasteiger partial charge in [-0.25, -0.2) is 9.78 Å². The second-order valence-corrected chi connectivity index (χ2v) is 8.96. The van der Waals surface area contributed by atoms with E-state index >= 15 is 0 Å². The lowest BCUT2D eigenvalue weighted by Gasteiger charge is -2.29. The van der Waals surface area contributed by atoms with Crippen molar-refractivity contribution in [1.29, 1.82) is 0 Å². The van der Waals surface area contributed by atoms with Crippen molar-refractivity contribution in [3.63, 3.8) is 0 Å². The van der Waals surface area contributed by atoms with Gasteiger partial charge in [0.1, 0.15) is 23.3 Å². The normalized spacial score (nSPS) is 18.2. The quantitative estimate of drug-likeness (QED) is 0.608. The molecule has 1 unspecified atom stereocenters. The number of carbonyl (C=O) groups excluding carboxylic acids is 1. The number of anilines is 2. The smallest absolute Gasteiger partial charge is 0.410 e. The minimum atomic E-state index is -0.492. The number of nitrogens with one attached hydrogen (secondary N) is 1. The summed E-state index contributed by atoms with van der Waals surface area (Å²) in [4.78, 5) is 18.5. The maximum Gasteiger partial charge on any atom is 0.410 e. The van der Waals surface area contributed by atoms with E-state index in [9.17, 15) is 4.79 Å². The number of pyridine rings is 1. The zero-order valence-corrected chi connectivity index (χ0v) is 18.4. The third-order valence-corrected chi connectivity index (χ3v) is 5.44. The predicted molar refractivity (Wildman–Crippen MR) is 118 cm³/mol. The van der Waals surface area contributed by atoms with E-state index in [1.165, 1.54) is 5.57 Å². The maximum absolute atomic E-state index is 12.3. The first kappa shape index (κ1) is 20.5. The molecule has 1 amide bonds.